The summed E-state index contributed by atoms with van der Waals surface area (Å²) in [6.07, 6.45) is 3.00. The number of hydrogen-bond donors (Lipinski definition) is 2. The second-order valence-electron chi connectivity index (χ2n) is 8.41. The zero-order chi connectivity index (χ0) is 20.0. The predicted octanol–water partition coefficient (Wildman–Crippen LogP) is 4.22. The van der Waals surface area contributed by atoms with Crippen LogP contribution in [-0.4, -0.2) is 41.8 Å². The highest BCUT2D eigenvalue weighted by Gasteiger charge is 2.25. The average Bonchev–Trinajstić information content (AvgIpc) is 2.65. The number of nitrogens with zero attached hydrogens (tertiary/aromatic N) is 1. The van der Waals surface area contributed by atoms with E-state index in [2.05, 4.69) is 62.3 Å². The van der Waals surface area contributed by atoms with Crippen LogP contribution in [0.5, 0.6) is 5.75 Å². The van der Waals surface area contributed by atoms with Crippen LogP contribution in [0.2, 0.25) is 0 Å². The zero-order valence-electron chi connectivity index (χ0n) is 17.4. The van der Waals surface area contributed by atoms with Crippen molar-refractivity contribution in [3.05, 3.63) is 54.4 Å². The van der Waals surface area contributed by atoms with Crippen LogP contribution in [0.4, 0.5) is 0 Å². The Morgan fingerprint density at radius 2 is 1.89 bits per heavy atom. The summed E-state index contributed by atoms with van der Waals surface area (Å²) in [4.78, 5) is 2.26. The van der Waals surface area contributed by atoms with Gasteiger partial charge in [0.1, 0.15) is 11.9 Å². The molecule has 1 fully saturated rings. The lowest BCUT2D eigenvalue weighted by molar-refractivity contribution is 0.116. The Kier molecular flexibility index (Phi) is 7.37. The number of rotatable bonds is 8. The first kappa shape index (κ1) is 21.4. The lowest BCUT2D eigenvalue weighted by Gasteiger charge is -2.36. The minimum absolute atomic E-state index is 0.0315. The van der Waals surface area contributed by atoms with E-state index in [0.29, 0.717) is 0 Å². The summed E-state index contributed by atoms with van der Waals surface area (Å²) in [6.45, 7) is 18.9. The summed E-state index contributed by atoms with van der Waals surface area (Å²) >= 11 is 0. The molecule has 0 aliphatic carbocycles. The SMILES string of the molecule is C=C(NC(CC)CO)C(=C)N1CCC(Oc2ccccc2C(C)(C)C)CC1. The Bertz CT molecular complexity index is 636. The fourth-order valence-electron chi connectivity index (χ4n) is 3.41. The number of para-hydroxylation sites is 1. The standard InChI is InChI=1S/C23H36N2O2/c1-7-19(16-26)24-17(2)18(3)25-14-12-20(13-15-25)27-22-11-9-8-10-21(22)23(4,5)6/h8-11,19-20,24,26H,2-3,7,12-16H2,1,4-6H3. The van der Waals surface area contributed by atoms with Crippen molar-refractivity contribution in [1.29, 1.82) is 0 Å². The predicted molar refractivity (Wildman–Crippen MR) is 113 cm³/mol. The molecule has 0 bridgehead atoms. The quantitative estimate of drug-likeness (QED) is 0.671. The lowest BCUT2D eigenvalue weighted by Crippen LogP contribution is -2.40. The molecule has 1 saturated heterocycles. The summed E-state index contributed by atoms with van der Waals surface area (Å²) in [5.41, 5.74) is 3.03. The van der Waals surface area contributed by atoms with Crippen molar-refractivity contribution in [3.8, 4) is 5.75 Å². The van der Waals surface area contributed by atoms with Crippen LogP contribution >= 0.6 is 0 Å². The molecule has 4 heteroatoms. The Hall–Kier alpha value is -1.94. The third kappa shape index (κ3) is 5.77. The highest BCUT2D eigenvalue weighted by Crippen LogP contribution is 2.33. The van der Waals surface area contributed by atoms with Gasteiger partial charge in [-0.15, -0.1) is 0 Å². The van der Waals surface area contributed by atoms with Gasteiger partial charge >= 0.3 is 0 Å². The summed E-state index contributed by atoms with van der Waals surface area (Å²) in [5.74, 6) is 1.00. The summed E-state index contributed by atoms with van der Waals surface area (Å²) in [7, 11) is 0. The maximum atomic E-state index is 9.36. The monoisotopic (exact) mass is 372 g/mol. The van der Waals surface area contributed by atoms with E-state index >= 15 is 0 Å². The van der Waals surface area contributed by atoms with Gasteiger partial charge in [0, 0.05) is 32.0 Å². The van der Waals surface area contributed by atoms with Crippen molar-refractivity contribution in [1.82, 2.24) is 10.2 Å². The minimum atomic E-state index is 0.0315. The first-order valence-electron chi connectivity index (χ1n) is 10.0. The largest absolute Gasteiger partial charge is 0.490 e. The van der Waals surface area contributed by atoms with E-state index < -0.39 is 0 Å². The van der Waals surface area contributed by atoms with Gasteiger partial charge in [0.15, 0.2) is 0 Å². The van der Waals surface area contributed by atoms with Crippen LogP contribution in [0.25, 0.3) is 0 Å². The van der Waals surface area contributed by atoms with Gasteiger partial charge in [-0.25, -0.2) is 0 Å². The van der Waals surface area contributed by atoms with E-state index in [1.54, 1.807) is 0 Å². The van der Waals surface area contributed by atoms with Crippen LogP contribution in [0.1, 0.15) is 52.5 Å². The van der Waals surface area contributed by atoms with E-state index in [9.17, 15) is 5.11 Å². The van der Waals surface area contributed by atoms with Crippen LogP contribution in [-0.2, 0) is 5.41 Å². The van der Waals surface area contributed by atoms with Gasteiger partial charge in [-0.3, -0.25) is 0 Å². The second-order valence-corrected chi connectivity index (χ2v) is 8.41. The maximum Gasteiger partial charge on any atom is 0.123 e. The normalized spacial score (nSPS) is 16.7. The number of benzene rings is 1. The fraction of sp³-hybridized carbons (Fsp3) is 0.565. The molecule has 150 valence electrons. The first-order chi connectivity index (χ1) is 12.8. The van der Waals surface area contributed by atoms with Gasteiger partial charge in [0.25, 0.3) is 0 Å². The smallest absolute Gasteiger partial charge is 0.123 e. The molecule has 1 aliphatic heterocycles. The Morgan fingerprint density at radius 3 is 2.44 bits per heavy atom. The van der Waals surface area contributed by atoms with Gasteiger partial charge in [-0.2, -0.15) is 0 Å². The molecule has 0 saturated carbocycles. The molecule has 0 radical (unpaired) electrons. The summed E-state index contributed by atoms with van der Waals surface area (Å²) < 4.78 is 6.37. The molecule has 1 heterocycles. The summed E-state index contributed by atoms with van der Waals surface area (Å²) in [5, 5.41) is 12.6. The highest BCUT2D eigenvalue weighted by atomic mass is 16.5. The van der Waals surface area contributed by atoms with Crippen molar-refractivity contribution in [2.75, 3.05) is 19.7 Å². The fourth-order valence-corrected chi connectivity index (χ4v) is 3.41. The number of hydrogen-bond acceptors (Lipinski definition) is 4. The molecule has 2 N–H and O–H groups in total. The summed E-state index contributed by atoms with van der Waals surface area (Å²) in [6, 6.07) is 8.39. The number of nitrogens with one attached hydrogen (secondary N) is 1. The van der Waals surface area contributed by atoms with Crippen LogP contribution in [0.15, 0.2) is 48.8 Å². The number of aliphatic hydroxyl groups excluding tert-OH is 1. The van der Waals surface area contributed by atoms with E-state index in [0.717, 1.165) is 49.5 Å². The van der Waals surface area contributed by atoms with E-state index in [1.165, 1.54) is 5.56 Å². The third-order valence-electron chi connectivity index (χ3n) is 5.25. The molecule has 1 aliphatic rings. The number of likely N-dealkylation sites (tertiary alicyclic amines) is 1. The van der Waals surface area contributed by atoms with E-state index in [1.807, 2.05) is 13.0 Å². The molecule has 1 atom stereocenters. The van der Waals surface area contributed by atoms with Crippen molar-refractivity contribution in [2.24, 2.45) is 0 Å². The Balaban J connectivity index is 1.91. The number of aliphatic hydroxyl groups is 1. The van der Waals surface area contributed by atoms with Gasteiger partial charge < -0.3 is 20.1 Å². The molecule has 2 rings (SSSR count). The van der Waals surface area contributed by atoms with Crippen molar-refractivity contribution < 1.29 is 9.84 Å². The van der Waals surface area contributed by atoms with E-state index in [-0.39, 0.29) is 24.2 Å². The van der Waals surface area contributed by atoms with Gasteiger partial charge in [-0.05, 0) is 23.5 Å². The molecule has 1 unspecified atom stereocenters. The average molecular weight is 373 g/mol. The minimum Gasteiger partial charge on any atom is -0.490 e. The van der Waals surface area contributed by atoms with Crippen LogP contribution in [0, 0.1) is 0 Å². The first-order valence-corrected chi connectivity index (χ1v) is 10.0. The third-order valence-corrected chi connectivity index (χ3v) is 5.25. The van der Waals surface area contributed by atoms with Gasteiger partial charge in [-0.1, -0.05) is 59.1 Å². The van der Waals surface area contributed by atoms with Gasteiger partial charge in [0.05, 0.1) is 18.0 Å². The molecule has 1 aromatic rings. The molecule has 4 nitrogen and oxygen atoms in total. The number of ether oxygens (including phenoxy) is 1. The molecular weight excluding hydrogens is 336 g/mol. The molecule has 0 aromatic heterocycles. The lowest BCUT2D eigenvalue weighted by atomic mass is 9.86. The van der Waals surface area contributed by atoms with Crippen molar-refractivity contribution in [3.63, 3.8) is 0 Å². The molecule has 0 amide bonds. The Labute approximate surface area is 164 Å². The van der Waals surface area contributed by atoms with Gasteiger partial charge in [0.2, 0.25) is 0 Å². The highest BCUT2D eigenvalue weighted by molar-refractivity contribution is 5.38. The zero-order valence-corrected chi connectivity index (χ0v) is 17.4. The maximum absolute atomic E-state index is 9.36. The molecule has 0 spiro atoms. The van der Waals surface area contributed by atoms with Crippen molar-refractivity contribution >= 4 is 0 Å². The molecule has 1 aromatic carbocycles. The Morgan fingerprint density at radius 1 is 1.26 bits per heavy atom. The molecule has 27 heavy (non-hydrogen) atoms. The van der Waals surface area contributed by atoms with Crippen LogP contribution in [0.3, 0.4) is 0 Å². The molecular formula is C23H36N2O2. The van der Waals surface area contributed by atoms with E-state index in [4.69, 9.17) is 4.74 Å². The van der Waals surface area contributed by atoms with Crippen LogP contribution < -0.4 is 10.1 Å². The topological polar surface area (TPSA) is 44.7 Å². The number of piperidine rings is 1. The van der Waals surface area contributed by atoms with Crippen molar-refractivity contribution in [2.45, 2.75) is 64.5 Å². The second kappa shape index (κ2) is 9.32.